The summed E-state index contributed by atoms with van der Waals surface area (Å²) in [6.07, 6.45) is 5.60. The first kappa shape index (κ1) is 16.7. The molecule has 0 aliphatic carbocycles. The van der Waals surface area contributed by atoms with Crippen molar-refractivity contribution in [2.24, 2.45) is 4.99 Å². The van der Waals surface area contributed by atoms with Crippen LogP contribution < -0.4 is 5.32 Å². The van der Waals surface area contributed by atoms with Gasteiger partial charge in [0.05, 0.1) is 4.91 Å². The Labute approximate surface area is 150 Å². The first-order valence-corrected chi connectivity index (χ1v) is 8.49. The fraction of sp³-hybridized carbons (Fsp3) is 0.0500. The molecule has 2 aromatic carbocycles. The minimum absolute atomic E-state index is 0.233. The van der Waals surface area contributed by atoms with Gasteiger partial charge in [0.25, 0.3) is 5.91 Å². The maximum atomic E-state index is 11.8. The highest BCUT2D eigenvalue weighted by Crippen LogP contribution is 2.26. The Bertz CT molecular complexity index is 920. The number of aliphatic imine (C=N–C) groups is 1. The van der Waals surface area contributed by atoms with Crippen LogP contribution in [0.1, 0.15) is 23.6 Å². The number of amides is 1. The lowest BCUT2D eigenvalue weighted by molar-refractivity contribution is -0.115. The highest BCUT2D eigenvalue weighted by Gasteiger charge is 2.23. The molecule has 0 bridgehead atoms. The molecule has 1 N–H and O–H groups in total. The predicted molar refractivity (Wildman–Crippen MR) is 103 cm³/mol. The van der Waals surface area contributed by atoms with Crippen molar-refractivity contribution in [3.05, 3.63) is 76.2 Å². The van der Waals surface area contributed by atoms with Crippen LogP contribution in [-0.2, 0) is 4.79 Å². The molecule has 1 aliphatic heterocycles. The molecule has 1 saturated heterocycles. The quantitative estimate of drug-likeness (QED) is 0.513. The average Bonchev–Trinajstić information content (AvgIpc) is 2.96. The molecule has 0 aromatic heterocycles. The van der Waals surface area contributed by atoms with E-state index in [0.29, 0.717) is 10.1 Å². The second-order valence-electron chi connectivity index (χ2n) is 5.44. The maximum absolute atomic E-state index is 11.8. The van der Waals surface area contributed by atoms with Gasteiger partial charge in [-0.05, 0) is 47.0 Å². The zero-order valence-electron chi connectivity index (χ0n) is 13.6. The molecule has 25 heavy (non-hydrogen) atoms. The van der Waals surface area contributed by atoms with Crippen molar-refractivity contribution in [2.75, 3.05) is 0 Å². The van der Waals surface area contributed by atoms with Crippen LogP contribution >= 0.6 is 11.8 Å². The van der Waals surface area contributed by atoms with Gasteiger partial charge >= 0.3 is 0 Å². The van der Waals surface area contributed by atoms with E-state index in [1.807, 2.05) is 42.5 Å². The number of carbonyl (C=O) groups excluding carboxylic acids is 1. The minimum atomic E-state index is -0.233. The Kier molecular flexibility index (Phi) is 5.12. The Morgan fingerprint density at radius 3 is 2.52 bits per heavy atom. The Morgan fingerprint density at radius 1 is 1.12 bits per heavy atom. The van der Waals surface area contributed by atoms with Crippen molar-refractivity contribution >= 4 is 40.6 Å². The summed E-state index contributed by atoms with van der Waals surface area (Å²) >= 11 is 1.17. The van der Waals surface area contributed by atoms with Gasteiger partial charge in [-0.1, -0.05) is 60.7 Å². The van der Waals surface area contributed by atoms with Crippen LogP contribution in [0.4, 0.5) is 0 Å². The fourth-order valence-electron chi connectivity index (χ4n) is 2.40. The van der Waals surface area contributed by atoms with Crippen molar-refractivity contribution < 1.29 is 4.79 Å². The SMILES string of the molecule is C/C(=C\c1ccccc1)c1ccc(C=C2SC(=NC#N)NC2=O)cc1. The third-order valence-corrected chi connectivity index (χ3v) is 4.56. The summed E-state index contributed by atoms with van der Waals surface area (Å²) in [6, 6.07) is 18.2. The number of allylic oxidation sites excluding steroid dienone is 1. The number of thioether (sulfide) groups is 1. The molecule has 0 spiro atoms. The summed E-state index contributed by atoms with van der Waals surface area (Å²) in [7, 11) is 0. The van der Waals surface area contributed by atoms with Crippen LogP contribution in [0.25, 0.3) is 17.7 Å². The van der Waals surface area contributed by atoms with Crippen LogP contribution in [0.15, 0.2) is 64.5 Å². The predicted octanol–water partition coefficient (Wildman–Crippen LogP) is 4.29. The number of nitrogens with zero attached hydrogens (tertiary/aromatic N) is 2. The highest BCUT2D eigenvalue weighted by atomic mass is 32.2. The molecule has 0 saturated carbocycles. The van der Waals surface area contributed by atoms with E-state index in [9.17, 15) is 4.79 Å². The smallest absolute Gasteiger partial charge is 0.264 e. The summed E-state index contributed by atoms with van der Waals surface area (Å²) < 4.78 is 0. The van der Waals surface area contributed by atoms with E-state index in [-0.39, 0.29) is 5.91 Å². The Balaban J connectivity index is 1.78. The van der Waals surface area contributed by atoms with Crippen LogP contribution in [0.3, 0.4) is 0 Å². The van der Waals surface area contributed by atoms with Gasteiger partial charge in [0.1, 0.15) is 0 Å². The molecular weight excluding hydrogens is 330 g/mol. The van der Waals surface area contributed by atoms with Crippen molar-refractivity contribution in [1.82, 2.24) is 5.32 Å². The molecule has 1 fully saturated rings. The van der Waals surface area contributed by atoms with Crippen molar-refractivity contribution in [2.45, 2.75) is 6.92 Å². The number of nitrogens with one attached hydrogen (secondary N) is 1. The minimum Gasteiger partial charge on any atom is -0.300 e. The molecule has 0 radical (unpaired) electrons. The van der Waals surface area contributed by atoms with E-state index in [2.05, 4.69) is 35.4 Å². The summed E-state index contributed by atoms with van der Waals surface area (Å²) in [6.45, 7) is 2.07. The maximum Gasteiger partial charge on any atom is 0.264 e. The van der Waals surface area contributed by atoms with Gasteiger partial charge in [-0.3, -0.25) is 10.1 Å². The second kappa shape index (κ2) is 7.65. The van der Waals surface area contributed by atoms with Crippen LogP contribution in [0.2, 0.25) is 0 Å². The third kappa shape index (κ3) is 4.25. The normalized spacial score (nSPS) is 17.6. The first-order valence-electron chi connectivity index (χ1n) is 7.67. The second-order valence-corrected chi connectivity index (χ2v) is 6.47. The zero-order valence-corrected chi connectivity index (χ0v) is 14.4. The molecule has 1 aliphatic rings. The molecule has 1 amide bonds. The van der Waals surface area contributed by atoms with Gasteiger partial charge in [-0.15, -0.1) is 4.99 Å². The van der Waals surface area contributed by atoms with Gasteiger partial charge < -0.3 is 0 Å². The molecule has 4 nitrogen and oxygen atoms in total. The van der Waals surface area contributed by atoms with Gasteiger partial charge in [-0.2, -0.15) is 5.26 Å². The monoisotopic (exact) mass is 345 g/mol. The van der Waals surface area contributed by atoms with Crippen LogP contribution in [-0.4, -0.2) is 11.1 Å². The van der Waals surface area contributed by atoms with Gasteiger partial charge in [0, 0.05) is 0 Å². The van der Waals surface area contributed by atoms with E-state index in [1.54, 1.807) is 12.3 Å². The summed E-state index contributed by atoms with van der Waals surface area (Å²) in [4.78, 5) is 15.9. The summed E-state index contributed by atoms with van der Waals surface area (Å²) in [5.41, 5.74) is 4.38. The van der Waals surface area contributed by atoms with Gasteiger partial charge in [0.15, 0.2) is 5.17 Å². The average molecular weight is 345 g/mol. The zero-order chi connectivity index (χ0) is 17.6. The third-order valence-electron chi connectivity index (χ3n) is 3.65. The number of rotatable bonds is 3. The van der Waals surface area contributed by atoms with Crippen molar-refractivity contribution in [3.63, 3.8) is 0 Å². The number of hydrogen-bond donors (Lipinski definition) is 1. The summed E-state index contributed by atoms with van der Waals surface area (Å²) in [5.74, 6) is -0.233. The van der Waals surface area contributed by atoms with E-state index in [1.165, 1.54) is 17.3 Å². The highest BCUT2D eigenvalue weighted by molar-refractivity contribution is 8.18. The van der Waals surface area contributed by atoms with Crippen LogP contribution in [0, 0.1) is 11.5 Å². The van der Waals surface area contributed by atoms with E-state index in [0.717, 1.165) is 16.7 Å². The number of benzene rings is 2. The topological polar surface area (TPSA) is 65.2 Å². The fourth-order valence-corrected chi connectivity index (χ4v) is 3.18. The van der Waals surface area contributed by atoms with E-state index >= 15 is 0 Å². The number of amidine groups is 1. The molecule has 5 heteroatoms. The molecule has 0 unspecified atom stereocenters. The lowest BCUT2D eigenvalue weighted by atomic mass is 10.0. The van der Waals surface area contributed by atoms with E-state index in [4.69, 9.17) is 5.26 Å². The Morgan fingerprint density at radius 2 is 1.84 bits per heavy atom. The standard InChI is InChI=1S/C20H15N3OS/c1-14(11-15-5-3-2-4-6-15)17-9-7-16(8-10-17)12-18-19(24)23-20(25-18)22-13-21/h2-12H,1H3,(H,22,23,24)/b14-11+,18-12?. The Hall–Kier alpha value is -3.10. The first-order chi connectivity index (χ1) is 12.2. The molecule has 1 heterocycles. The lowest BCUT2D eigenvalue weighted by Crippen LogP contribution is -2.19. The van der Waals surface area contributed by atoms with E-state index < -0.39 is 0 Å². The molecule has 0 atom stereocenters. The van der Waals surface area contributed by atoms with Crippen molar-refractivity contribution in [1.29, 1.82) is 5.26 Å². The number of carbonyl (C=O) groups is 1. The number of hydrogen-bond acceptors (Lipinski definition) is 4. The van der Waals surface area contributed by atoms with Gasteiger partial charge in [0.2, 0.25) is 6.19 Å². The lowest BCUT2D eigenvalue weighted by Gasteiger charge is -2.03. The summed E-state index contributed by atoms with van der Waals surface area (Å²) in [5, 5.41) is 11.4. The number of nitriles is 1. The van der Waals surface area contributed by atoms with Crippen LogP contribution in [0.5, 0.6) is 0 Å². The molecule has 3 rings (SSSR count). The molecule has 2 aromatic rings. The van der Waals surface area contributed by atoms with Crippen molar-refractivity contribution in [3.8, 4) is 6.19 Å². The van der Waals surface area contributed by atoms with Gasteiger partial charge in [-0.25, -0.2) is 0 Å². The molecule has 122 valence electrons. The largest absolute Gasteiger partial charge is 0.300 e. The molecular formula is C20H15N3OS.